The third-order valence-electron chi connectivity index (χ3n) is 4.68. The molecule has 2 aromatic rings. The molecule has 0 aliphatic carbocycles. The number of nitrogens with one attached hydrogen (secondary N) is 1. The summed E-state index contributed by atoms with van der Waals surface area (Å²) in [7, 11) is 0. The van der Waals surface area contributed by atoms with Crippen molar-refractivity contribution in [1.29, 1.82) is 0 Å². The van der Waals surface area contributed by atoms with Crippen molar-refractivity contribution < 1.29 is 14.6 Å². The Labute approximate surface area is 148 Å². The molecule has 6 nitrogen and oxygen atoms in total. The summed E-state index contributed by atoms with van der Waals surface area (Å²) in [5.74, 6) is 1.17. The topological polar surface area (TPSA) is 76.4 Å². The highest BCUT2D eigenvalue weighted by Crippen LogP contribution is 2.28. The lowest BCUT2D eigenvalue weighted by atomic mass is 9.99. The summed E-state index contributed by atoms with van der Waals surface area (Å²) in [5.41, 5.74) is 1.87. The van der Waals surface area contributed by atoms with Crippen LogP contribution in [0.1, 0.15) is 45.0 Å². The minimum Gasteiger partial charge on any atom is -0.383 e. The molecule has 0 bridgehead atoms. The fourth-order valence-electron chi connectivity index (χ4n) is 3.35. The van der Waals surface area contributed by atoms with E-state index in [-0.39, 0.29) is 5.91 Å². The van der Waals surface area contributed by atoms with Crippen LogP contribution in [0.5, 0.6) is 0 Å². The Hall–Kier alpha value is -1.92. The lowest BCUT2D eigenvalue weighted by Crippen LogP contribution is -2.26. The first-order valence-electron chi connectivity index (χ1n) is 8.89. The first kappa shape index (κ1) is 17.9. The van der Waals surface area contributed by atoms with Crippen molar-refractivity contribution >= 4 is 16.9 Å². The van der Waals surface area contributed by atoms with Gasteiger partial charge in [-0.2, -0.15) is 0 Å². The van der Waals surface area contributed by atoms with Crippen molar-refractivity contribution in [3.05, 3.63) is 29.6 Å². The molecule has 1 aromatic carbocycles. The Balaban J connectivity index is 1.95. The minimum absolute atomic E-state index is 0.0534. The summed E-state index contributed by atoms with van der Waals surface area (Å²) < 4.78 is 7.60. The van der Waals surface area contributed by atoms with Gasteiger partial charge in [-0.15, -0.1) is 0 Å². The third kappa shape index (κ3) is 4.19. The van der Waals surface area contributed by atoms with Gasteiger partial charge in [-0.3, -0.25) is 4.79 Å². The second kappa shape index (κ2) is 7.14. The largest absolute Gasteiger partial charge is 0.383 e. The maximum atomic E-state index is 11.1. The van der Waals surface area contributed by atoms with Gasteiger partial charge in [0.1, 0.15) is 11.4 Å². The Morgan fingerprint density at radius 1 is 1.40 bits per heavy atom. The van der Waals surface area contributed by atoms with E-state index in [1.54, 1.807) is 13.8 Å². The van der Waals surface area contributed by atoms with Crippen LogP contribution in [0.25, 0.3) is 11.0 Å². The molecule has 6 heteroatoms. The Kier molecular flexibility index (Phi) is 5.11. The van der Waals surface area contributed by atoms with Gasteiger partial charge in [-0.05, 0) is 50.3 Å². The molecule has 1 saturated heterocycles. The highest BCUT2D eigenvalue weighted by molar-refractivity contribution is 5.77. The molecule has 2 heterocycles. The zero-order valence-electron chi connectivity index (χ0n) is 15.2. The van der Waals surface area contributed by atoms with Gasteiger partial charge in [0.15, 0.2) is 0 Å². The lowest BCUT2D eigenvalue weighted by Gasteiger charge is -2.26. The van der Waals surface area contributed by atoms with Gasteiger partial charge in [0, 0.05) is 33.2 Å². The second-order valence-corrected chi connectivity index (χ2v) is 7.39. The number of nitrogens with zero attached hydrogens (tertiary/aromatic N) is 2. The van der Waals surface area contributed by atoms with Crippen LogP contribution in [0.2, 0.25) is 0 Å². The van der Waals surface area contributed by atoms with Crippen molar-refractivity contribution in [2.24, 2.45) is 5.92 Å². The van der Waals surface area contributed by atoms with Crippen molar-refractivity contribution in [3.8, 4) is 0 Å². The molecule has 25 heavy (non-hydrogen) atoms. The molecule has 1 fully saturated rings. The van der Waals surface area contributed by atoms with Crippen LogP contribution >= 0.6 is 0 Å². The van der Waals surface area contributed by atoms with Crippen molar-refractivity contribution in [2.75, 3.05) is 13.2 Å². The smallest absolute Gasteiger partial charge is 0.217 e. The normalized spacial score (nSPS) is 16.3. The number of ether oxygens (including phenoxy) is 1. The maximum absolute atomic E-state index is 11.1. The Morgan fingerprint density at radius 3 is 2.76 bits per heavy atom. The van der Waals surface area contributed by atoms with Gasteiger partial charge < -0.3 is 19.7 Å². The number of rotatable bonds is 5. The molecule has 2 N–H and O–H groups in total. The fraction of sp³-hybridized carbons (Fsp3) is 0.579. The molecular weight excluding hydrogens is 318 g/mol. The molecular formula is C19H27N3O3. The SMILES string of the molecule is CC(=O)NCc1ccc2c(c1)nc(C(C)(C)O)n2CC1CCOCC1. The molecule has 136 valence electrons. The van der Waals surface area contributed by atoms with Crippen LogP contribution in [0, 0.1) is 5.92 Å². The number of hydrogen-bond acceptors (Lipinski definition) is 4. The minimum atomic E-state index is -1.01. The summed E-state index contributed by atoms with van der Waals surface area (Å²) in [5, 5.41) is 13.4. The number of aromatic nitrogens is 2. The van der Waals surface area contributed by atoms with Crippen LogP contribution < -0.4 is 5.32 Å². The summed E-state index contributed by atoms with van der Waals surface area (Å²) >= 11 is 0. The zero-order valence-corrected chi connectivity index (χ0v) is 15.2. The van der Waals surface area contributed by atoms with E-state index in [9.17, 15) is 9.90 Å². The first-order chi connectivity index (χ1) is 11.8. The number of benzene rings is 1. The van der Waals surface area contributed by atoms with E-state index in [1.165, 1.54) is 6.92 Å². The van der Waals surface area contributed by atoms with Gasteiger partial charge in [-0.25, -0.2) is 4.98 Å². The molecule has 0 radical (unpaired) electrons. The number of imidazole rings is 1. The zero-order chi connectivity index (χ0) is 18.0. The lowest BCUT2D eigenvalue weighted by molar-refractivity contribution is -0.119. The second-order valence-electron chi connectivity index (χ2n) is 7.39. The molecule has 0 spiro atoms. The number of fused-ring (bicyclic) bond motifs is 1. The molecule has 1 aliphatic rings. The predicted molar refractivity (Wildman–Crippen MR) is 96.0 cm³/mol. The molecule has 1 aliphatic heterocycles. The Morgan fingerprint density at radius 2 is 2.12 bits per heavy atom. The van der Waals surface area contributed by atoms with E-state index >= 15 is 0 Å². The van der Waals surface area contributed by atoms with Gasteiger partial charge in [0.05, 0.1) is 11.0 Å². The monoisotopic (exact) mass is 345 g/mol. The summed E-state index contributed by atoms with van der Waals surface area (Å²) in [6, 6.07) is 6.03. The summed E-state index contributed by atoms with van der Waals surface area (Å²) in [4.78, 5) is 15.8. The highest BCUT2D eigenvalue weighted by Gasteiger charge is 2.27. The van der Waals surface area contributed by atoms with E-state index in [4.69, 9.17) is 9.72 Å². The van der Waals surface area contributed by atoms with Crippen molar-refractivity contribution in [3.63, 3.8) is 0 Å². The van der Waals surface area contributed by atoms with Crippen molar-refractivity contribution in [2.45, 2.75) is 52.3 Å². The van der Waals surface area contributed by atoms with Gasteiger partial charge >= 0.3 is 0 Å². The summed E-state index contributed by atoms with van der Waals surface area (Å²) in [6.45, 7) is 7.97. The number of carbonyl (C=O) groups excluding carboxylic acids is 1. The first-order valence-corrected chi connectivity index (χ1v) is 8.89. The fourth-order valence-corrected chi connectivity index (χ4v) is 3.35. The van der Waals surface area contributed by atoms with E-state index in [1.807, 2.05) is 18.2 Å². The van der Waals surface area contributed by atoms with Crippen molar-refractivity contribution in [1.82, 2.24) is 14.9 Å². The maximum Gasteiger partial charge on any atom is 0.217 e. The molecule has 0 saturated carbocycles. The number of carbonyl (C=O) groups is 1. The number of amides is 1. The van der Waals surface area contributed by atoms with Crippen LogP contribution in [0.15, 0.2) is 18.2 Å². The molecule has 0 atom stereocenters. The molecule has 3 rings (SSSR count). The average Bonchev–Trinajstić information content (AvgIpc) is 2.92. The van der Waals surface area contributed by atoms with Gasteiger partial charge in [0.2, 0.25) is 5.91 Å². The van der Waals surface area contributed by atoms with E-state index in [2.05, 4.69) is 9.88 Å². The predicted octanol–water partition coefficient (Wildman–Crippen LogP) is 2.33. The Bertz CT molecular complexity index is 755. The van der Waals surface area contributed by atoms with Gasteiger partial charge in [-0.1, -0.05) is 6.07 Å². The standard InChI is InChI=1S/C19H27N3O3/c1-13(23)20-11-15-4-5-17-16(10-15)21-18(19(2,3)24)22(17)12-14-6-8-25-9-7-14/h4-5,10,14,24H,6-9,11-12H2,1-3H3,(H,20,23). The van der Waals surface area contributed by atoms with Gasteiger partial charge in [0.25, 0.3) is 0 Å². The summed E-state index contributed by atoms with van der Waals surface area (Å²) in [6.07, 6.45) is 2.07. The van der Waals surface area contributed by atoms with Crippen LogP contribution in [-0.2, 0) is 28.2 Å². The van der Waals surface area contributed by atoms with Crippen LogP contribution in [0.4, 0.5) is 0 Å². The van der Waals surface area contributed by atoms with Crippen LogP contribution in [-0.4, -0.2) is 33.8 Å². The number of hydrogen-bond donors (Lipinski definition) is 2. The quantitative estimate of drug-likeness (QED) is 0.872. The molecule has 0 unspecified atom stereocenters. The number of aliphatic hydroxyl groups is 1. The van der Waals surface area contributed by atoms with E-state index in [0.29, 0.717) is 18.3 Å². The average molecular weight is 345 g/mol. The third-order valence-corrected chi connectivity index (χ3v) is 4.68. The highest BCUT2D eigenvalue weighted by atomic mass is 16.5. The molecule has 1 aromatic heterocycles. The van der Waals surface area contributed by atoms with E-state index < -0.39 is 5.60 Å². The van der Waals surface area contributed by atoms with Crippen LogP contribution in [0.3, 0.4) is 0 Å². The molecule has 1 amide bonds. The van der Waals surface area contributed by atoms with E-state index in [0.717, 1.165) is 49.2 Å².